The maximum absolute atomic E-state index is 11.9. The lowest BCUT2D eigenvalue weighted by molar-refractivity contribution is 0.337. The molecule has 0 aliphatic heterocycles. The van der Waals surface area contributed by atoms with Crippen molar-refractivity contribution in [2.45, 2.75) is 11.3 Å². The molecule has 102 valence electrons. The van der Waals surface area contributed by atoms with Crippen LogP contribution in [0.25, 0.3) is 0 Å². The summed E-state index contributed by atoms with van der Waals surface area (Å²) in [7, 11) is -3.90. The Morgan fingerprint density at radius 2 is 1.75 bits per heavy atom. The van der Waals surface area contributed by atoms with Gasteiger partial charge in [-0.05, 0) is 29.8 Å². The van der Waals surface area contributed by atoms with E-state index in [4.69, 9.17) is 15.9 Å². The Bertz CT molecular complexity index is 782. The van der Waals surface area contributed by atoms with E-state index >= 15 is 0 Å². The third-order valence-electron chi connectivity index (χ3n) is 3.03. The fraction of sp³-hybridized carbons (Fsp3) is 0.0714. The van der Waals surface area contributed by atoms with Gasteiger partial charge in [-0.15, -0.1) is 0 Å². The summed E-state index contributed by atoms with van der Waals surface area (Å²) in [5.74, 6) is 0. The lowest BCUT2D eigenvalue weighted by Gasteiger charge is -2.19. The van der Waals surface area contributed by atoms with Crippen molar-refractivity contribution in [1.29, 1.82) is 0 Å². The molecule has 0 spiro atoms. The van der Waals surface area contributed by atoms with Gasteiger partial charge in [0.25, 0.3) is 0 Å². The monoisotopic (exact) mass is 307 g/mol. The largest absolute Gasteiger partial charge is 0.358 e. The molecule has 2 aromatic carbocycles. The van der Waals surface area contributed by atoms with Crippen LogP contribution in [0.2, 0.25) is 5.02 Å². The van der Waals surface area contributed by atoms with Gasteiger partial charge in [0.2, 0.25) is 0 Å². The maximum Gasteiger partial charge on any atom is 0.358 e. The Morgan fingerprint density at radius 1 is 1.05 bits per heavy atom. The van der Waals surface area contributed by atoms with E-state index in [0.29, 0.717) is 17.2 Å². The fourth-order valence-corrected chi connectivity index (χ4v) is 2.81. The van der Waals surface area contributed by atoms with Gasteiger partial charge in [-0.3, -0.25) is 4.28 Å². The molecule has 20 heavy (non-hydrogen) atoms. The number of fused-ring (bicyclic) bond motifs is 1. The third-order valence-corrected chi connectivity index (χ3v) is 4.41. The smallest absolute Gasteiger partial charge is 0.264 e. The zero-order valence-corrected chi connectivity index (χ0v) is 11.9. The molecule has 0 amide bonds. The first-order valence-corrected chi connectivity index (χ1v) is 7.69. The van der Waals surface area contributed by atoms with E-state index in [0.717, 1.165) is 11.1 Å². The van der Waals surface area contributed by atoms with Crippen LogP contribution >= 0.6 is 11.6 Å². The van der Waals surface area contributed by atoms with Crippen LogP contribution in [0.3, 0.4) is 0 Å². The average molecular weight is 308 g/mol. The van der Waals surface area contributed by atoms with E-state index < -0.39 is 10.1 Å². The molecule has 0 heterocycles. The van der Waals surface area contributed by atoms with Gasteiger partial charge in [-0.1, -0.05) is 41.0 Å². The van der Waals surface area contributed by atoms with Crippen LogP contribution in [0.5, 0.6) is 0 Å². The molecule has 1 aliphatic carbocycles. The minimum absolute atomic E-state index is 0.0267. The van der Waals surface area contributed by atoms with Crippen LogP contribution in [-0.4, -0.2) is 14.1 Å². The summed E-state index contributed by atoms with van der Waals surface area (Å²) in [6.45, 7) is 0. The van der Waals surface area contributed by atoms with Gasteiger partial charge in [0, 0.05) is 17.0 Å². The van der Waals surface area contributed by atoms with E-state index in [9.17, 15) is 8.42 Å². The molecular formula is C14H10ClNO3S. The van der Waals surface area contributed by atoms with Crippen molar-refractivity contribution in [3.63, 3.8) is 0 Å². The number of hydrogen-bond acceptors (Lipinski definition) is 4. The highest BCUT2D eigenvalue weighted by Gasteiger charge is 2.23. The van der Waals surface area contributed by atoms with Crippen molar-refractivity contribution in [3.8, 4) is 0 Å². The second kappa shape index (κ2) is 4.92. The Kier molecular flexibility index (Phi) is 3.23. The fourth-order valence-electron chi connectivity index (χ4n) is 1.94. The molecule has 0 fully saturated rings. The molecule has 2 aromatic rings. The molecule has 0 bridgehead atoms. The summed E-state index contributed by atoms with van der Waals surface area (Å²) in [4.78, 5) is 0.0267. The lowest BCUT2D eigenvalue weighted by Crippen LogP contribution is -2.20. The predicted octanol–water partition coefficient (Wildman–Crippen LogP) is 3.01. The number of hydrogen-bond donors (Lipinski definition) is 0. The SMILES string of the molecule is O=S(=O)(O/N=C1/Cc2ccccc21)c1ccc(Cl)cc1. The molecular weight excluding hydrogens is 298 g/mol. The molecule has 6 heteroatoms. The van der Waals surface area contributed by atoms with Crippen molar-refractivity contribution >= 4 is 27.4 Å². The molecule has 3 rings (SSSR count). The summed E-state index contributed by atoms with van der Waals surface area (Å²) in [5, 5.41) is 4.20. The first-order valence-electron chi connectivity index (χ1n) is 5.91. The van der Waals surface area contributed by atoms with Gasteiger partial charge in [-0.25, -0.2) is 0 Å². The van der Waals surface area contributed by atoms with E-state index in [1.165, 1.54) is 24.3 Å². The van der Waals surface area contributed by atoms with Crippen molar-refractivity contribution in [2.75, 3.05) is 0 Å². The Morgan fingerprint density at radius 3 is 2.45 bits per heavy atom. The number of oxime groups is 1. The molecule has 0 saturated heterocycles. The van der Waals surface area contributed by atoms with Crippen LogP contribution in [-0.2, 0) is 20.8 Å². The topological polar surface area (TPSA) is 55.7 Å². The second-order valence-electron chi connectivity index (χ2n) is 4.35. The zero-order chi connectivity index (χ0) is 14.2. The molecule has 0 saturated carbocycles. The van der Waals surface area contributed by atoms with E-state index in [2.05, 4.69) is 5.16 Å². The highest BCUT2D eigenvalue weighted by molar-refractivity contribution is 7.86. The molecule has 0 N–H and O–H groups in total. The molecule has 1 aliphatic rings. The Hall–Kier alpha value is -1.85. The number of rotatable bonds is 3. The minimum atomic E-state index is -3.90. The number of nitrogens with zero attached hydrogens (tertiary/aromatic N) is 1. The van der Waals surface area contributed by atoms with Crippen LogP contribution in [0, 0.1) is 0 Å². The highest BCUT2D eigenvalue weighted by atomic mass is 35.5. The molecule has 0 unspecified atom stereocenters. The van der Waals surface area contributed by atoms with Crippen LogP contribution < -0.4 is 0 Å². The van der Waals surface area contributed by atoms with Gasteiger partial charge >= 0.3 is 10.1 Å². The summed E-state index contributed by atoms with van der Waals surface area (Å²) in [5.41, 5.74) is 2.70. The summed E-state index contributed by atoms with van der Waals surface area (Å²) in [6.07, 6.45) is 0.617. The number of benzene rings is 2. The van der Waals surface area contributed by atoms with Crippen LogP contribution in [0.1, 0.15) is 11.1 Å². The van der Waals surface area contributed by atoms with Crippen LogP contribution in [0.15, 0.2) is 58.6 Å². The van der Waals surface area contributed by atoms with Crippen molar-refractivity contribution < 1.29 is 12.7 Å². The van der Waals surface area contributed by atoms with E-state index in [1.807, 2.05) is 24.3 Å². The van der Waals surface area contributed by atoms with E-state index in [-0.39, 0.29) is 4.90 Å². The third kappa shape index (κ3) is 2.42. The van der Waals surface area contributed by atoms with Gasteiger partial charge < -0.3 is 0 Å². The van der Waals surface area contributed by atoms with Crippen molar-refractivity contribution in [1.82, 2.24) is 0 Å². The van der Waals surface area contributed by atoms with Crippen molar-refractivity contribution in [3.05, 3.63) is 64.7 Å². The average Bonchev–Trinajstić information content (AvgIpc) is 2.40. The highest BCUT2D eigenvalue weighted by Crippen LogP contribution is 2.24. The molecule has 0 radical (unpaired) electrons. The lowest BCUT2D eigenvalue weighted by atomic mass is 9.87. The minimum Gasteiger partial charge on any atom is -0.264 e. The predicted molar refractivity (Wildman–Crippen MR) is 76.4 cm³/mol. The Labute approximate surface area is 121 Å². The molecule has 0 aromatic heterocycles. The summed E-state index contributed by atoms with van der Waals surface area (Å²) in [6, 6.07) is 13.4. The summed E-state index contributed by atoms with van der Waals surface area (Å²) >= 11 is 5.71. The second-order valence-corrected chi connectivity index (χ2v) is 6.32. The van der Waals surface area contributed by atoms with Gasteiger partial charge in [0.05, 0.1) is 5.71 Å². The maximum atomic E-state index is 11.9. The van der Waals surface area contributed by atoms with Crippen LogP contribution in [0.4, 0.5) is 0 Å². The van der Waals surface area contributed by atoms with Crippen molar-refractivity contribution in [2.24, 2.45) is 5.16 Å². The first-order chi connectivity index (χ1) is 9.56. The zero-order valence-electron chi connectivity index (χ0n) is 10.3. The number of halogens is 1. The van der Waals surface area contributed by atoms with Gasteiger partial charge in [0.1, 0.15) is 4.90 Å². The molecule has 4 nitrogen and oxygen atoms in total. The normalized spacial score (nSPS) is 15.6. The standard InChI is InChI=1S/C14H10ClNO3S/c15-11-5-7-12(8-6-11)20(17,18)19-16-14-9-10-3-1-2-4-13(10)14/h1-8H,9H2/b16-14-. The van der Waals surface area contributed by atoms with Gasteiger partial charge in [-0.2, -0.15) is 8.42 Å². The summed E-state index contributed by atoms with van der Waals surface area (Å²) < 4.78 is 28.6. The molecule has 0 atom stereocenters. The van der Waals surface area contributed by atoms with Gasteiger partial charge in [0.15, 0.2) is 0 Å². The van der Waals surface area contributed by atoms with E-state index in [1.54, 1.807) is 0 Å². The first kappa shape index (κ1) is 13.1. The Balaban J connectivity index is 1.81. The quantitative estimate of drug-likeness (QED) is 0.819.